The van der Waals surface area contributed by atoms with E-state index in [0.29, 0.717) is 26.1 Å². The third-order valence-corrected chi connectivity index (χ3v) is 13.1. The number of carbonyl (C=O) groups is 1. The molecule has 244 valence electrons. The van der Waals surface area contributed by atoms with E-state index >= 15 is 0 Å². The molecule has 7 nitrogen and oxygen atoms in total. The first-order valence-corrected chi connectivity index (χ1v) is 18.6. The summed E-state index contributed by atoms with van der Waals surface area (Å²) in [6, 6.07) is 26.5. The molecule has 45 heavy (non-hydrogen) atoms. The van der Waals surface area contributed by atoms with Gasteiger partial charge in [0.25, 0.3) is 0 Å². The van der Waals surface area contributed by atoms with Gasteiger partial charge in [0.2, 0.25) is 0 Å². The number of rotatable bonds is 17. The second-order valence-electron chi connectivity index (χ2n) is 13.0. The van der Waals surface area contributed by atoms with Crippen LogP contribution < -0.4 is 14.8 Å². The second-order valence-corrected chi connectivity index (χ2v) is 17.8. The summed E-state index contributed by atoms with van der Waals surface area (Å²) in [7, 11) is 1.29. The molecule has 0 saturated heterocycles. The van der Waals surface area contributed by atoms with Crippen molar-refractivity contribution < 1.29 is 23.4 Å². The summed E-state index contributed by atoms with van der Waals surface area (Å²) in [5, 5.41) is 3.22. The number of amides is 1. The fourth-order valence-corrected chi connectivity index (χ4v) is 5.88. The zero-order chi connectivity index (χ0) is 32.9. The first kappa shape index (κ1) is 35.9. The van der Waals surface area contributed by atoms with Gasteiger partial charge in [-0.15, -0.1) is 0 Å². The third kappa shape index (κ3) is 11.7. The van der Waals surface area contributed by atoms with Gasteiger partial charge >= 0.3 is 6.09 Å². The summed E-state index contributed by atoms with van der Waals surface area (Å²) in [5.74, 6) is 1.62. The molecule has 0 aliphatic carbocycles. The van der Waals surface area contributed by atoms with Crippen molar-refractivity contribution in [2.45, 2.75) is 70.4 Å². The molecule has 0 aliphatic rings. The van der Waals surface area contributed by atoms with Gasteiger partial charge in [-0.25, -0.2) is 4.79 Å². The van der Waals surface area contributed by atoms with Crippen molar-refractivity contribution in [2.75, 3.05) is 34.0 Å². The van der Waals surface area contributed by atoms with Crippen LogP contribution >= 0.6 is 0 Å². The van der Waals surface area contributed by atoms with Crippen LogP contribution in [-0.4, -0.2) is 65.4 Å². The lowest BCUT2D eigenvalue weighted by Gasteiger charge is -2.40. The topological polar surface area (TPSA) is 69.3 Å². The maximum atomic E-state index is 12.9. The minimum Gasteiger partial charge on any atom is -0.497 e. The molecular weight excluding hydrogens is 581 g/mol. The molecule has 0 spiro atoms. The van der Waals surface area contributed by atoms with Gasteiger partial charge in [0, 0.05) is 31.8 Å². The number of hydrogen-bond donors (Lipinski definition) is 1. The highest BCUT2D eigenvalue weighted by atomic mass is 28.4. The Morgan fingerprint density at radius 3 is 1.93 bits per heavy atom. The van der Waals surface area contributed by atoms with E-state index in [9.17, 15) is 4.79 Å². The van der Waals surface area contributed by atoms with E-state index in [1.165, 1.54) is 11.1 Å². The normalized spacial score (nSPS) is 13.2. The summed E-state index contributed by atoms with van der Waals surface area (Å²) >= 11 is 0. The standard InChI is InChI=1S/C37H52N2O5Si/c1-9-23-43-36(40)38-32(24-29-15-19-34(41-5)20-16-29)27-39(26-31-13-11-10-12-14-31)33(28-44-45(7,8)37(2,3)4)25-30-17-21-35(42-6)22-18-30/h9-22,32-33H,1,23-28H2,2-8H3,(H,38,40)/t32-,33-/m0/s1. The molecule has 1 N–H and O–H groups in total. The molecule has 0 radical (unpaired) electrons. The smallest absolute Gasteiger partial charge is 0.407 e. The molecule has 0 unspecified atom stereocenters. The van der Waals surface area contributed by atoms with Gasteiger partial charge in [-0.2, -0.15) is 0 Å². The molecule has 0 fully saturated rings. The number of carbonyl (C=O) groups excluding carboxylic acids is 1. The van der Waals surface area contributed by atoms with Crippen molar-refractivity contribution in [3.8, 4) is 11.5 Å². The number of alkyl carbamates (subject to hydrolysis) is 1. The van der Waals surface area contributed by atoms with E-state index in [0.717, 1.165) is 23.5 Å². The highest BCUT2D eigenvalue weighted by Crippen LogP contribution is 2.37. The summed E-state index contributed by atoms with van der Waals surface area (Å²) in [5.41, 5.74) is 3.48. The maximum absolute atomic E-state index is 12.9. The number of nitrogens with zero attached hydrogens (tertiary/aromatic N) is 1. The van der Waals surface area contributed by atoms with Crippen LogP contribution in [0.3, 0.4) is 0 Å². The van der Waals surface area contributed by atoms with Crippen LogP contribution in [0, 0.1) is 0 Å². The van der Waals surface area contributed by atoms with E-state index in [4.69, 9.17) is 18.6 Å². The molecule has 0 heterocycles. The second kappa shape index (κ2) is 17.2. The SMILES string of the molecule is C=CCOC(=O)N[C@@H](Cc1ccc(OC)cc1)CN(Cc1ccccc1)[C@H](CO[Si](C)(C)C(C)(C)C)Cc1ccc(OC)cc1. The van der Waals surface area contributed by atoms with Crippen LogP contribution in [0.4, 0.5) is 4.79 Å². The van der Waals surface area contributed by atoms with Crippen LogP contribution in [0.5, 0.6) is 11.5 Å². The van der Waals surface area contributed by atoms with Gasteiger partial charge in [-0.3, -0.25) is 4.90 Å². The molecule has 3 aromatic rings. The van der Waals surface area contributed by atoms with Crippen molar-refractivity contribution in [3.63, 3.8) is 0 Å². The van der Waals surface area contributed by atoms with Gasteiger partial charge < -0.3 is 24.0 Å². The number of methoxy groups -OCH3 is 2. The first-order chi connectivity index (χ1) is 21.4. The highest BCUT2D eigenvalue weighted by molar-refractivity contribution is 6.74. The third-order valence-electron chi connectivity index (χ3n) is 8.57. The quantitative estimate of drug-likeness (QED) is 0.122. The molecule has 3 rings (SSSR count). The number of nitrogens with one attached hydrogen (secondary N) is 1. The molecule has 1 amide bonds. The van der Waals surface area contributed by atoms with Gasteiger partial charge in [-0.05, 0) is 71.9 Å². The predicted molar refractivity (Wildman–Crippen MR) is 186 cm³/mol. The van der Waals surface area contributed by atoms with Crippen LogP contribution in [-0.2, 0) is 28.5 Å². The lowest BCUT2D eigenvalue weighted by molar-refractivity contribution is 0.104. The Bertz CT molecular complexity index is 1310. The minimum absolute atomic E-state index is 0.0390. The largest absolute Gasteiger partial charge is 0.497 e. The molecule has 3 aromatic carbocycles. The lowest BCUT2D eigenvalue weighted by atomic mass is 10.0. The van der Waals surface area contributed by atoms with Crippen molar-refractivity contribution >= 4 is 14.4 Å². The fourth-order valence-electron chi connectivity index (χ4n) is 4.84. The lowest BCUT2D eigenvalue weighted by Crippen LogP contribution is -2.51. The van der Waals surface area contributed by atoms with Gasteiger partial charge in [0.1, 0.15) is 18.1 Å². The van der Waals surface area contributed by atoms with E-state index < -0.39 is 14.4 Å². The molecule has 0 bridgehead atoms. The van der Waals surface area contributed by atoms with E-state index in [2.05, 4.69) is 87.1 Å². The molecular formula is C37H52N2O5Si. The van der Waals surface area contributed by atoms with Crippen molar-refractivity contribution in [3.05, 3.63) is 108 Å². The van der Waals surface area contributed by atoms with Crippen LogP contribution in [0.15, 0.2) is 91.5 Å². The number of hydrogen-bond acceptors (Lipinski definition) is 6. The minimum atomic E-state index is -2.05. The summed E-state index contributed by atoms with van der Waals surface area (Å²) in [4.78, 5) is 15.3. The average Bonchev–Trinajstić information content (AvgIpc) is 3.02. The van der Waals surface area contributed by atoms with Crippen molar-refractivity contribution in [1.29, 1.82) is 0 Å². The number of benzene rings is 3. The summed E-state index contributed by atoms with van der Waals surface area (Å²) < 4.78 is 23.0. The van der Waals surface area contributed by atoms with Crippen LogP contribution in [0.2, 0.25) is 18.1 Å². The predicted octanol–water partition coefficient (Wildman–Crippen LogP) is 7.66. The molecule has 0 aliphatic heterocycles. The zero-order valence-corrected chi connectivity index (χ0v) is 29.2. The Hall–Kier alpha value is -3.59. The fraction of sp³-hybridized carbons (Fsp3) is 0.432. The van der Waals surface area contributed by atoms with Gasteiger partial charge in [-0.1, -0.05) is 88.0 Å². The number of ether oxygens (including phenoxy) is 3. The van der Waals surface area contributed by atoms with E-state index in [-0.39, 0.29) is 23.7 Å². The van der Waals surface area contributed by atoms with E-state index in [1.54, 1.807) is 20.3 Å². The summed E-state index contributed by atoms with van der Waals surface area (Å²) in [6.07, 6.45) is 2.51. The van der Waals surface area contributed by atoms with Crippen molar-refractivity contribution in [2.24, 2.45) is 0 Å². The first-order valence-electron chi connectivity index (χ1n) is 15.7. The van der Waals surface area contributed by atoms with E-state index in [1.807, 2.05) is 42.5 Å². The Morgan fingerprint density at radius 1 is 0.867 bits per heavy atom. The van der Waals surface area contributed by atoms with Crippen LogP contribution in [0.1, 0.15) is 37.5 Å². The molecule has 0 saturated carbocycles. The molecule has 0 aromatic heterocycles. The maximum Gasteiger partial charge on any atom is 0.407 e. The Morgan fingerprint density at radius 2 is 1.42 bits per heavy atom. The molecule has 2 atom stereocenters. The molecule has 8 heteroatoms. The van der Waals surface area contributed by atoms with Gasteiger partial charge in [0.05, 0.1) is 14.2 Å². The Kier molecular flexibility index (Phi) is 13.7. The van der Waals surface area contributed by atoms with Crippen LogP contribution in [0.25, 0.3) is 0 Å². The Labute approximate surface area is 271 Å². The highest BCUT2D eigenvalue weighted by Gasteiger charge is 2.38. The summed E-state index contributed by atoms with van der Waals surface area (Å²) in [6.45, 7) is 17.1. The average molecular weight is 633 g/mol. The monoisotopic (exact) mass is 632 g/mol. The zero-order valence-electron chi connectivity index (χ0n) is 28.2. The van der Waals surface area contributed by atoms with Gasteiger partial charge in [0.15, 0.2) is 8.32 Å². The van der Waals surface area contributed by atoms with Crippen molar-refractivity contribution in [1.82, 2.24) is 10.2 Å². The Balaban J connectivity index is 1.99.